The van der Waals surface area contributed by atoms with E-state index in [4.69, 9.17) is 11.6 Å². The van der Waals surface area contributed by atoms with Gasteiger partial charge in [-0.2, -0.15) is 0 Å². The summed E-state index contributed by atoms with van der Waals surface area (Å²) >= 11 is 5.79. The maximum absolute atomic E-state index is 12.3. The van der Waals surface area contributed by atoms with Gasteiger partial charge in [0.15, 0.2) is 0 Å². The number of phenols is 2. The summed E-state index contributed by atoms with van der Waals surface area (Å²) in [5.41, 5.74) is 0.706. The molecular weight excluding hydrogens is 302 g/mol. The van der Waals surface area contributed by atoms with E-state index in [0.29, 0.717) is 21.5 Å². The standard InChI is InChI=1S/C17H12ClNO3/c18-11-4-6-12(7-5-11)19-17(22)14-8-10-2-1-3-15(20)13(10)9-16(14)21/h1-9,20-21H,(H,19,22). The van der Waals surface area contributed by atoms with Gasteiger partial charge in [-0.25, -0.2) is 0 Å². The van der Waals surface area contributed by atoms with Gasteiger partial charge in [0.1, 0.15) is 11.5 Å². The van der Waals surface area contributed by atoms with Crippen molar-refractivity contribution in [3.63, 3.8) is 0 Å². The third-order valence-electron chi connectivity index (χ3n) is 3.32. The number of anilines is 1. The van der Waals surface area contributed by atoms with Crippen LogP contribution < -0.4 is 5.32 Å². The first-order valence-electron chi connectivity index (χ1n) is 6.56. The molecule has 5 heteroatoms. The van der Waals surface area contributed by atoms with Crippen LogP contribution in [0, 0.1) is 0 Å². The minimum Gasteiger partial charge on any atom is -0.507 e. The van der Waals surface area contributed by atoms with Gasteiger partial charge in [0.05, 0.1) is 5.56 Å². The zero-order valence-corrected chi connectivity index (χ0v) is 12.1. The second kappa shape index (κ2) is 5.58. The topological polar surface area (TPSA) is 69.6 Å². The molecule has 3 N–H and O–H groups in total. The molecule has 0 heterocycles. The Morgan fingerprint density at radius 2 is 1.68 bits per heavy atom. The summed E-state index contributed by atoms with van der Waals surface area (Å²) in [6, 6.07) is 14.5. The monoisotopic (exact) mass is 313 g/mol. The third-order valence-corrected chi connectivity index (χ3v) is 3.57. The molecule has 0 atom stereocenters. The number of nitrogens with one attached hydrogen (secondary N) is 1. The van der Waals surface area contributed by atoms with E-state index in [-0.39, 0.29) is 17.1 Å². The summed E-state index contributed by atoms with van der Waals surface area (Å²) in [7, 11) is 0. The van der Waals surface area contributed by atoms with Gasteiger partial charge in [-0.3, -0.25) is 4.79 Å². The van der Waals surface area contributed by atoms with E-state index in [1.54, 1.807) is 36.4 Å². The van der Waals surface area contributed by atoms with E-state index in [0.717, 1.165) is 0 Å². The van der Waals surface area contributed by atoms with Crippen LogP contribution in [-0.2, 0) is 0 Å². The van der Waals surface area contributed by atoms with Crippen molar-refractivity contribution < 1.29 is 15.0 Å². The van der Waals surface area contributed by atoms with Gasteiger partial charge in [-0.1, -0.05) is 23.7 Å². The Balaban J connectivity index is 1.97. The molecule has 0 aliphatic heterocycles. The quantitative estimate of drug-likeness (QED) is 0.665. The highest BCUT2D eigenvalue weighted by Crippen LogP contribution is 2.31. The molecule has 3 aromatic rings. The number of aromatic hydroxyl groups is 2. The number of amides is 1. The number of carbonyl (C=O) groups excluding carboxylic acids is 1. The Bertz CT molecular complexity index is 860. The number of hydrogen-bond acceptors (Lipinski definition) is 3. The summed E-state index contributed by atoms with van der Waals surface area (Å²) in [5.74, 6) is -0.581. The molecular formula is C17H12ClNO3. The van der Waals surface area contributed by atoms with Gasteiger partial charge < -0.3 is 15.5 Å². The van der Waals surface area contributed by atoms with E-state index in [1.165, 1.54) is 18.2 Å². The first-order valence-corrected chi connectivity index (χ1v) is 6.94. The molecule has 0 fully saturated rings. The molecule has 0 spiro atoms. The van der Waals surface area contributed by atoms with Gasteiger partial charge in [0.2, 0.25) is 0 Å². The molecule has 4 nitrogen and oxygen atoms in total. The zero-order chi connectivity index (χ0) is 15.7. The Hall–Kier alpha value is -2.72. The van der Waals surface area contributed by atoms with E-state index in [2.05, 4.69) is 5.32 Å². The average molecular weight is 314 g/mol. The van der Waals surface area contributed by atoms with Crippen LogP contribution >= 0.6 is 11.6 Å². The molecule has 0 aromatic heterocycles. The van der Waals surface area contributed by atoms with Crippen LogP contribution in [0.3, 0.4) is 0 Å². The lowest BCUT2D eigenvalue weighted by Crippen LogP contribution is -2.12. The number of halogens is 1. The average Bonchev–Trinajstić information content (AvgIpc) is 2.50. The first-order chi connectivity index (χ1) is 10.5. The lowest BCUT2D eigenvalue weighted by molar-refractivity contribution is 0.102. The Morgan fingerprint density at radius 1 is 0.955 bits per heavy atom. The molecule has 0 unspecified atom stereocenters. The first kappa shape index (κ1) is 14.2. The van der Waals surface area contributed by atoms with E-state index in [9.17, 15) is 15.0 Å². The molecule has 3 rings (SSSR count). The summed E-state index contributed by atoms with van der Waals surface area (Å²) in [5, 5.41) is 24.2. The maximum Gasteiger partial charge on any atom is 0.259 e. The maximum atomic E-state index is 12.3. The summed E-state index contributed by atoms with van der Waals surface area (Å²) in [6.07, 6.45) is 0. The molecule has 0 aliphatic rings. The smallest absolute Gasteiger partial charge is 0.259 e. The summed E-state index contributed by atoms with van der Waals surface area (Å²) in [4.78, 5) is 12.3. The molecule has 0 saturated heterocycles. The lowest BCUT2D eigenvalue weighted by atomic mass is 10.0. The van der Waals surface area contributed by atoms with Crippen LogP contribution in [0.5, 0.6) is 11.5 Å². The number of fused-ring (bicyclic) bond motifs is 1. The zero-order valence-electron chi connectivity index (χ0n) is 11.4. The van der Waals surface area contributed by atoms with Gasteiger partial charge in [0.25, 0.3) is 5.91 Å². The highest BCUT2D eigenvalue weighted by atomic mass is 35.5. The van der Waals surface area contributed by atoms with Crippen molar-refractivity contribution in [1.82, 2.24) is 0 Å². The Morgan fingerprint density at radius 3 is 2.41 bits per heavy atom. The second-order valence-electron chi connectivity index (χ2n) is 4.83. The van der Waals surface area contributed by atoms with Crippen LogP contribution in [0.15, 0.2) is 54.6 Å². The van der Waals surface area contributed by atoms with Crippen molar-refractivity contribution in [1.29, 1.82) is 0 Å². The summed E-state index contributed by atoms with van der Waals surface area (Å²) in [6.45, 7) is 0. The molecule has 1 amide bonds. The predicted molar refractivity (Wildman–Crippen MR) is 86.7 cm³/mol. The van der Waals surface area contributed by atoms with E-state index in [1.807, 2.05) is 0 Å². The fraction of sp³-hybridized carbons (Fsp3) is 0. The van der Waals surface area contributed by atoms with Crippen molar-refractivity contribution in [2.24, 2.45) is 0 Å². The fourth-order valence-electron chi connectivity index (χ4n) is 2.21. The molecule has 3 aromatic carbocycles. The van der Waals surface area contributed by atoms with Gasteiger partial charge in [0, 0.05) is 16.1 Å². The number of rotatable bonds is 2. The normalized spacial score (nSPS) is 10.6. The van der Waals surface area contributed by atoms with Crippen molar-refractivity contribution >= 4 is 34.0 Å². The number of benzene rings is 3. The van der Waals surface area contributed by atoms with Gasteiger partial charge in [-0.05, 0) is 47.9 Å². The van der Waals surface area contributed by atoms with Crippen LogP contribution in [-0.4, -0.2) is 16.1 Å². The highest BCUT2D eigenvalue weighted by Gasteiger charge is 2.14. The van der Waals surface area contributed by atoms with E-state index >= 15 is 0 Å². The summed E-state index contributed by atoms with van der Waals surface area (Å²) < 4.78 is 0. The van der Waals surface area contributed by atoms with Crippen LogP contribution in [0.25, 0.3) is 10.8 Å². The van der Waals surface area contributed by atoms with Crippen molar-refractivity contribution in [2.75, 3.05) is 5.32 Å². The molecule has 0 radical (unpaired) electrons. The third kappa shape index (κ3) is 2.69. The van der Waals surface area contributed by atoms with Crippen LogP contribution in [0.2, 0.25) is 5.02 Å². The highest BCUT2D eigenvalue weighted by molar-refractivity contribution is 6.30. The van der Waals surface area contributed by atoms with Crippen molar-refractivity contribution in [3.05, 3.63) is 65.2 Å². The Labute approximate surface area is 131 Å². The minimum absolute atomic E-state index is 0.0532. The van der Waals surface area contributed by atoms with Crippen LogP contribution in [0.4, 0.5) is 5.69 Å². The molecule has 0 bridgehead atoms. The van der Waals surface area contributed by atoms with Crippen molar-refractivity contribution in [2.45, 2.75) is 0 Å². The second-order valence-corrected chi connectivity index (χ2v) is 5.27. The van der Waals surface area contributed by atoms with Gasteiger partial charge in [-0.15, -0.1) is 0 Å². The number of phenolic OH excluding ortho intramolecular Hbond substituents is 2. The largest absolute Gasteiger partial charge is 0.507 e. The number of hydrogen-bond donors (Lipinski definition) is 3. The SMILES string of the molecule is O=C(Nc1ccc(Cl)cc1)c1cc2cccc(O)c2cc1O. The molecule has 110 valence electrons. The Kier molecular flexibility index (Phi) is 3.61. The van der Waals surface area contributed by atoms with E-state index < -0.39 is 5.91 Å². The fourth-order valence-corrected chi connectivity index (χ4v) is 2.34. The van der Waals surface area contributed by atoms with Crippen LogP contribution in [0.1, 0.15) is 10.4 Å². The molecule has 0 saturated carbocycles. The predicted octanol–water partition coefficient (Wildman–Crippen LogP) is 4.16. The van der Waals surface area contributed by atoms with Crippen molar-refractivity contribution in [3.8, 4) is 11.5 Å². The number of carbonyl (C=O) groups is 1. The molecule has 22 heavy (non-hydrogen) atoms. The van der Waals surface area contributed by atoms with Gasteiger partial charge >= 0.3 is 0 Å². The lowest BCUT2D eigenvalue weighted by Gasteiger charge is -2.09. The minimum atomic E-state index is -0.440. The molecule has 0 aliphatic carbocycles.